The lowest BCUT2D eigenvalue weighted by molar-refractivity contribution is 0.330. The molecule has 1 N–H and O–H groups in total. The molecule has 19 heavy (non-hydrogen) atoms. The summed E-state index contributed by atoms with van der Waals surface area (Å²) in [5, 5.41) is 3.68. The van der Waals surface area contributed by atoms with E-state index in [1.807, 2.05) is 13.1 Å². The lowest BCUT2D eigenvalue weighted by Gasteiger charge is -2.25. The average Bonchev–Trinajstić information content (AvgIpc) is 3.24. The fourth-order valence-corrected chi connectivity index (χ4v) is 2.65. The Kier molecular flexibility index (Phi) is 5.20. The lowest BCUT2D eigenvalue weighted by atomic mass is 9.91. The summed E-state index contributed by atoms with van der Waals surface area (Å²) in [5.74, 6) is 2.43. The van der Waals surface area contributed by atoms with E-state index in [0.29, 0.717) is 18.6 Å². The standard InChI is InChI=1S/C16H26N2O/c1-4-8-18-16(12(3)13-6-7-13)14-9-15(19-5-2)11-17-10-14/h9-13,16,18H,4-8H2,1-3H3. The van der Waals surface area contributed by atoms with Crippen LogP contribution in [0, 0.1) is 11.8 Å². The smallest absolute Gasteiger partial charge is 0.137 e. The normalized spacial score (nSPS) is 18.1. The third-order valence-electron chi connectivity index (χ3n) is 3.91. The van der Waals surface area contributed by atoms with Crippen LogP contribution in [0.5, 0.6) is 5.75 Å². The Balaban J connectivity index is 2.13. The molecule has 2 atom stereocenters. The van der Waals surface area contributed by atoms with Gasteiger partial charge in [0.25, 0.3) is 0 Å². The number of aromatic nitrogens is 1. The minimum Gasteiger partial charge on any atom is -0.492 e. The Morgan fingerprint density at radius 2 is 2.16 bits per heavy atom. The Morgan fingerprint density at radius 3 is 2.79 bits per heavy atom. The summed E-state index contributed by atoms with van der Waals surface area (Å²) >= 11 is 0. The summed E-state index contributed by atoms with van der Waals surface area (Å²) in [7, 11) is 0. The second-order valence-corrected chi connectivity index (χ2v) is 5.52. The van der Waals surface area contributed by atoms with Crippen LogP contribution < -0.4 is 10.1 Å². The van der Waals surface area contributed by atoms with Gasteiger partial charge in [-0.3, -0.25) is 4.98 Å². The van der Waals surface area contributed by atoms with Gasteiger partial charge in [0.05, 0.1) is 12.8 Å². The Hall–Kier alpha value is -1.09. The number of rotatable bonds is 8. The number of pyridine rings is 1. The minimum absolute atomic E-state index is 0.403. The first kappa shape index (κ1) is 14.3. The van der Waals surface area contributed by atoms with Crippen molar-refractivity contribution in [1.82, 2.24) is 10.3 Å². The second-order valence-electron chi connectivity index (χ2n) is 5.52. The number of nitrogens with zero attached hydrogens (tertiary/aromatic N) is 1. The van der Waals surface area contributed by atoms with Gasteiger partial charge in [0.1, 0.15) is 5.75 Å². The monoisotopic (exact) mass is 262 g/mol. The molecule has 1 aromatic heterocycles. The van der Waals surface area contributed by atoms with E-state index < -0.39 is 0 Å². The molecule has 3 nitrogen and oxygen atoms in total. The number of ether oxygens (including phenoxy) is 1. The van der Waals surface area contributed by atoms with E-state index in [4.69, 9.17) is 4.74 Å². The molecule has 2 rings (SSSR count). The van der Waals surface area contributed by atoms with Gasteiger partial charge in [0, 0.05) is 12.2 Å². The zero-order valence-electron chi connectivity index (χ0n) is 12.4. The molecular weight excluding hydrogens is 236 g/mol. The van der Waals surface area contributed by atoms with Gasteiger partial charge < -0.3 is 10.1 Å². The highest BCUT2D eigenvalue weighted by Crippen LogP contribution is 2.42. The van der Waals surface area contributed by atoms with Crippen LogP contribution >= 0.6 is 0 Å². The molecular formula is C16H26N2O. The highest BCUT2D eigenvalue weighted by Gasteiger charge is 2.33. The molecule has 0 saturated heterocycles. The van der Waals surface area contributed by atoms with E-state index in [1.165, 1.54) is 18.4 Å². The van der Waals surface area contributed by atoms with E-state index in [0.717, 1.165) is 24.6 Å². The van der Waals surface area contributed by atoms with Crippen LogP contribution in [0.15, 0.2) is 18.5 Å². The summed E-state index contributed by atoms with van der Waals surface area (Å²) in [4.78, 5) is 4.33. The predicted molar refractivity (Wildman–Crippen MR) is 78.3 cm³/mol. The van der Waals surface area contributed by atoms with Crippen molar-refractivity contribution in [3.8, 4) is 5.75 Å². The van der Waals surface area contributed by atoms with Crippen molar-refractivity contribution in [2.45, 2.75) is 46.1 Å². The Labute approximate surface area is 116 Å². The molecule has 1 aliphatic carbocycles. The van der Waals surface area contributed by atoms with Crippen molar-refractivity contribution >= 4 is 0 Å². The van der Waals surface area contributed by atoms with Crippen molar-refractivity contribution in [1.29, 1.82) is 0 Å². The van der Waals surface area contributed by atoms with Gasteiger partial charge in [-0.15, -0.1) is 0 Å². The van der Waals surface area contributed by atoms with Gasteiger partial charge in [0.15, 0.2) is 0 Å². The zero-order valence-corrected chi connectivity index (χ0v) is 12.4. The highest BCUT2D eigenvalue weighted by molar-refractivity contribution is 5.26. The molecule has 0 radical (unpaired) electrons. The molecule has 0 bridgehead atoms. The van der Waals surface area contributed by atoms with E-state index in [-0.39, 0.29) is 0 Å². The second kappa shape index (κ2) is 6.90. The molecule has 106 valence electrons. The van der Waals surface area contributed by atoms with Crippen molar-refractivity contribution in [3.63, 3.8) is 0 Å². The SMILES string of the molecule is CCCNC(c1cncc(OCC)c1)C(C)C1CC1. The Bertz CT molecular complexity index is 390. The van der Waals surface area contributed by atoms with E-state index in [9.17, 15) is 0 Å². The molecule has 0 spiro atoms. The van der Waals surface area contributed by atoms with Crippen molar-refractivity contribution in [3.05, 3.63) is 24.0 Å². The third-order valence-corrected chi connectivity index (χ3v) is 3.91. The highest BCUT2D eigenvalue weighted by atomic mass is 16.5. The average molecular weight is 262 g/mol. The van der Waals surface area contributed by atoms with Crippen LogP contribution in [0.3, 0.4) is 0 Å². The van der Waals surface area contributed by atoms with E-state index >= 15 is 0 Å². The van der Waals surface area contributed by atoms with E-state index in [1.54, 1.807) is 6.20 Å². The van der Waals surface area contributed by atoms with Crippen molar-refractivity contribution < 1.29 is 4.74 Å². The Morgan fingerprint density at radius 1 is 1.37 bits per heavy atom. The summed E-state index contributed by atoms with van der Waals surface area (Å²) in [5.41, 5.74) is 1.26. The molecule has 3 heteroatoms. The van der Waals surface area contributed by atoms with Gasteiger partial charge >= 0.3 is 0 Å². The number of nitrogens with one attached hydrogen (secondary N) is 1. The van der Waals surface area contributed by atoms with Crippen molar-refractivity contribution in [2.75, 3.05) is 13.2 Å². The summed E-state index contributed by atoms with van der Waals surface area (Å²) in [6, 6.07) is 2.54. The molecule has 1 heterocycles. The molecule has 1 saturated carbocycles. The van der Waals surface area contributed by atoms with Crippen LogP contribution in [0.25, 0.3) is 0 Å². The molecule has 0 amide bonds. The summed E-state index contributed by atoms with van der Waals surface area (Å²) < 4.78 is 5.57. The topological polar surface area (TPSA) is 34.2 Å². The van der Waals surface area contributed by atoms with Crippen LogP contribution in [0.1, 0.15) is 51.6 Å². The maximum Gasteiger partial charge on any atom is 0.137 e. The minimum atomic E-state index is 0.403. The molecule has 1 aromatic rings. The molecule has 1 aliphatic rings. The summed E-state index contributed by atoms with van der Waals surface area (Å²) in [6.45, 7) is 8.32. The van der Waals surface area contributed by atoms with Gasteiger partial charge in [-0.25, -0.2) is 0 Å². The van der Waals surface area contributed by atoms with Gasteiger partial charge in [0.2, 0.25) is 0 Å². The maximum atomic E-state index is 5.57. The maximum absolute atomic E-state index is 5.57. The van der Waals surface area contributed by atoms with Crippen LogP contribution in [0.2, 0.25) is 0 Å². The predicted octanol–water partition coefficient (Wildman–Crippen LogP) is 3.57. The lowest BCUT2D eigenvalue weighted by Crippen LogP contribution is -2.28. The van der Waals surface area contributed by atoms with Crippen LogP contribution in [-0.2, 0) is 0 Å². The molecule has 1 fully saturated rings. The number of hydrogen-bond donors (Lipinski definition) is 1. The third kappa shape index (κ3) is 3.93. The fraction of sp³-hybridized carbons (Fsp3) is 0.688. The van der Waals surface area contributed by atoms with Crippen LogP contribution in [-0.4, -0.2) is 18.1 Å². The fourth-order valence-electron chi connectivity index (χ4n) is 2.65. The summed E-state index contributed by atoms with van der Waals surface area (Å²) in [6.07, 6.45) is 7.70. The van der Waals surface area contributed by atoms with Crippen molar-refractivity contribution in [2.24, 2.45) is 11.8 Å². The first-order chi connectivity index (χ1) is 9.26. The molecule has 2 unspecified atom stereocenters. The first-order valence-electron chi connectivity index (χ1n) is 7.57. The quantitative estimate of drug-likeness (QED) is 0.777. The first-order valence-corrected chi connectivity index (χ1v) is 7.57. The van der Waals surface area contributed by atoms with Gasteiger partial charge in [-0.05, 0) is 56.2 Å². The van der Waals surface area contributed by atoms with Gasteiger partial charge in [-0.1, -0.05) is 13.8 Å². The van der Waals surface area contributed by atoms with E-state index in [2.05, 4.69) is 30.2 Å². The van der Waals surface area contributed by atoms with Gasteiger partial charge in [-0.2, -0.15) is 0 Å². The number of hydrogen-bond acceptors (Lipinski definition) is 3. The molecule has 0 aromatic carbocycles. The molecule has 0 aliphatic heterocycles. The largest absolute Gasteiger partial charge is 0.492 e. The zero-order chi connectivity index (χ0) is 13.7. The van der Waals surface area contributed by atoms with Crippen LogP contribution in [0.4, 0.5) is 0 Å².